The van der Waals surface area contributed by atoms with Gasteiger partial charge in [0.05, 0.1) is 12.8 Å². The maximum atomic E-state index is 13.2. The average molecular weight is 420 g/mol. The predicted molar refractivity (Wildman–Crippen MR) is 118 cm³/mol. The lowest BCUT2D eigenvalue weighted by molar-refractivity contribution is -0.131. The lowest BCUT2D eigenvalue weighted by atomic mass is 10.1. The summed E-state index contributed by atoms with van der Waals surface area (Å²) in [6, 6.07) is 16.0. The van der Waals surface area contributed by atoms with Crippen LogP contribution in [-0.2, 0) is 11.2 Å². The molecule has 1 amide bonds. The number of piperazine rings is 1. The fourth-order valence-electron chi connectivity index (χ4n) is 3.69. The molecule has 160 valence electrons. The van der Waals surface area contributed by atoms with Gasteiger partial charge in [0.1, 0.15) is 23.7 Å². The van der Waals surface area contributed by atoms with Crippen LogP contribution in [0.5, 0.6) is 5.75 Å². The van der Waals surface area contributed by atoms with E-state index < -0.39 is 0 Å². The number of carbonyl (C=O) groups is 1. The number of methoxy groups -OCH3 is 1. The molecule has 0 spiro atoms. The quantitative estimate of drug-likeness (QED) is 0.610. The fourth-order valence-corrected chi connectivity index (χ4v) is 3.69. The van der Waals surface area contributed by atoms with Crippen molar-refractivity contribution >= 4 is 11.7 Å². The number of aromatic nitrogens is 2. The van der Waals surface area contributed by atoms with Crippen LogP contribution in [0.15, 0.2) is 60.9 Å². The standard InChI is InChI=1S/C24H25FN4O2/c1-31-21-9-2-18(3-10-21)4-11-24(30)29-14-12-28(13-15-29)23-16-22(26-17-27-23)19-5-7-20(25)8-6-19/h2-3,5-10,16-17H,4,11-15H2,1H3. The van der Waals surface area contributed by atoms with Crippen LogP contribution >= 0.6 is 0 Å². The maximum absolute atomic E-state index is 13.2. The van der Waals surface area contributed by atoms with E-state index in [4.69, 9.17) is 4.74 Å². The van der Waals surface area contributed by atoms with Crippen molar-refractivity contribution in [2.45, 2.75) is 12.8 Å². The van der Waals surface area contributed by atoms with Crippen molar-refractivity contribution in [2.75, 3.05) is 38.2 Å². The Morgan fingerprint density at radius 1 is 1.00 bits per heavy atom. The minimum Gasteiger partial charge on any atom is -0.497 e. The molecule has 1 aliphatic rings. The molecule has 4 rings (SSSR count). The molecule has 0 unspecified atom stereocenters. The van der Waals surface area contributed by atoms with Crippen molar-refractivity contribution in [1.29, 1.82) is 0 Å². The number of aryl methyl sites for hydroxylation is 1. The molecule has 1 saturated heterocycles. The van der Waals surface area contributed by atoms with E-state index in [-0.39, 0.29) is 11.7 Å². The molecule has 2 heterocycles. The van der Waals surface area contributed by atoms with E-state index in [1.807, 2.05) is 35.2 Å². The first-order valence-electron chi connectivity index (χ1n) is 10.4. The van der Waals surface area contributed by atoms with Crippen LogP contribution in [0.3, 0.4) is 0 Å². The Hall–Kier alpha value is -3.48. The average Bonchev–Trinajstić information content (AvgIpc) is 2.83. The van der Waals surface area contributed by atoms with E-state index in [1.165, 1.54) is 18.5 Å². The monoisotopic (exact) mass is 420 g/mol. The SMILES string of the molecule is COc1ccc(CCC(=O)N2CCN(c3cc(-c4ccc(F)cc4)ncn3)CC2)cc1. The molecule has 0 bridgehead atoms. The van der Waals surface area contributed by atoms with Gasteiger partial charge in [-0.1, -0.05) is 12.1 Å². The first-order valence-corrected chi connectivity index (χ1v) is 10.4. The van der Waals surface area contributed by atoms with Gasteiger partial charge in [-0.15, -0.1) is 0 Å². The Balaban J connectivity index is 1.31. The van der Waals surface area contributed by atoms with Crippen LogP contribution in [0, 0.1) is 5.82 Å². The van der Waals surface area contributed by atoms with E-state index in [2.05, 4.69) is 14.9 Å². The molecule has 0 saturated carbocycles. The molecular weight excluding hydrogens is 395 g/mol. The molecule has 0 aliphatic carbocycles. The van der Waals surface area contributed by atoms with Gasteiger partial charge in [0.2, 0.25) is 5.91 Å². The third-order valence-electron chi connectivity index (χ3n) is 5.54. The summed E-state index contributed by atoms with van der Waals surface area (Å²) in [6.07, 6.45) is 2.74. The van der Waals surface area contributed by atoms with Crippen LogP contribution < -0.4 is 9.64 Å². The van der Waals surface area contributed by atoms with Gasteiger partial charge >= 0.3 is 0 Å². The summed E-state index contributed by atoms with van der Waals surface area (Å²) in [5.74, 6) is 1.54. The second-order valence-electron chi connectivity index (χ2n) is 7.48. The highest BCUT2D eigenvalue weighted by atomic mass is 19.1. The zero-order valence-electron chi connectivity index (χ0n) is 17.5. The van der Waals surface area contributed by atoms with Gasteiger partial charge in [-0.2, -0.15) is 0 Å². The van der Waals surface area contributed by atoms with E-state index in [0.29, 0.717) is 32.6 Å². The van der Waals surface area contributed by atoms with Crippen LogP contribution in [0.4, 0.5) is 10.2 Å². The number of halogens is 1. The van der Waals surface area contributed by atoms with Crippen molar-refractivity contribution in [2.24, 2.45) is 0 Å². The smallest absolute Gasteiger partial charge is 0.223 e. The number of rotatable bonds is 6. The largest absolute Gasteiger partial charge is 0.497 e. The Kier molecular flexibility index (Phi) is 6.40. The van der Waals surface area contributed by atoms with Gasteiger partial charge in [0.25, 0.3) is 0 Å². The van der Waals surface area contributed by atoms with Crippen molar-refractivity contribution in [3.63, 3.8) is 0 Å². The first kappa shape index (κ1) is 20.8. The summed E-state index contributed by atoms with van der Waals surface area (Å²) in [7, 11) is 1.64. The zero-order valence-corrected chi connectivity index (χ0v) is 17.5. The fraction of sp³-hybridized carbons (Fsp3) is 0.292. The van der Waals surface area contributed by atoms with E-state index in [9.17, 15) is 9.18 Å². The highest BCUT2D eigenvalue weighted by Crippen LogP contribution is 2.22. The third-order valence-corrected chi connectivity index (χ3v) is 5.54. The normalized spacial score (nSPS) is 13.9. The van der Waals surface area contributed by atoms with Gasteiger partial charge in [-0.05, 0) is 48.4 Å². The molecule has 0 N–H and O–H groups in total. The molecule has 1 aliphatic heterocycles. The molecule has 7 heteroatoms. The second kappa shape index (κ2) is 9.55. The van der Waals surface area contributed by atoms with Crippen LogP contribution in [0.1, 0.15) is 12.0 Å². The highest BCUT2D eigenvalue weighted by molar-refractivity contribution is 5.76. The molecule has 1 fully saturated rings. The number of amides is 1. The molecule has 31 heavy (non-hydrogen) atoms. The van der Waals surface area contributed by atoms with Gasteiger partial charge in [0.15, 0.2) is 0 Å². The Bertz CT molecular complexity index is 1020. The minimum atomic E-state index is -0.272. The number of nitrogens with zero attached hydrogens (tertiary/aromatic N) is 4. The Morgan fingerprint density at radius 3 is 2.39 bits per heavy atom. The van der Waals surface area contributed by atoms with Crippen LogP contribution in [0.2, 0.25) is 0 Å². The van der Waals surface area contributed by atoms with Crippen molar-refractivity contribution in [3.05, 3.63) is 72.3 Å². The molecule has 1 aromatic heterocycles. The molecular formula is C24H25FN4O2. The topological polar surface area (TPSA) is 58.6 Å². The summed E-state index contributed by atoms with van der Waals surface area (Å²) < 4.78 is 18.3. The first-order chi connectivity index (χ1) is 15.1. The number of anilines is 1. The number of hydrogen-bond donors (Lipinski definition) is 0. The Morgan fingerprint density at radius 2 is 1.71 bits per heavy atom. The lowest BCUT2D eigenvalue weighted by Crippen LogP contribution is -2.49. The number of benzene rings is 2. The van der Waals surface area contributed by atoms with Crippen LogP contribution in [0.25, 0.3) is 11.3 Å². The summed E-state index contributed by atoms with van der Waals surface area (Å²) >= 11 is 0. The third kappa shape index (κ3) is 5.17. The molecule has 6 nitrogen and oxygen atoms in total. The highest BCUT2D eigenvalue weighted by Gasteiger charge is 2.22. The number of ether oxygens (including phenoxy) is 1. The zero-order chi connectivity index (χ0) is 21.6. The predicted octanol–water partition coefficient (Wildman–Crippen LogP) is 3.57. The van der Waals surface area contributed by atoms with Crippen molar-refractivity contribution in [1.82, 2.24) is 14.9 Å². The Labute approximate surface area is 181 Å². The van der Waals surface area contributed by atoms with Gasteiger partial charge in [-0.25, -0.2) is 14.4 Å². The van der Waals surface area contributed by atoms with Gasteiger partial charge < -0.3 is 14.5 Å². The van der Waals surface area contributed by atoms with E-state index in [1.54, 1.807) is 19.2 Å². The molecule has 0 atom stereocenters. The summed E-state index contributed by atoms with van der Waals surface area (Å²) in [5.41, 5.74) is 2.72. The molecule has 0 radical (unpaired) electrons. The summed E-state index contributed by atoms with van der Waals surface area (Å²) in [5, 5.41) is 0. The maximum Gasteiger partial charge on any atom is 0.223 e. The summed E-state index contributed by atoms with van der Waals surface area (Å²) in [4.78, 5) is 25.4. The molecule has 2 aromatic carbocycles. The number of hydrogen-bond acceptors (Lipinski definition) is 5. The van der Waals surface area contributed by atoms with Crippen molar-refractivity contribution < 1.29 is 13.9 Å². The minimum absolute atomic E-state index is 0.171. The lowest BCUT2D eigenvalue weighted by Gasteiger charge is -2.35. The van der Waals surface area contributed by atoms with Crippen LogP contribution in [-0.4, -0.2) is 54.1 Å². The van der Waals surface area contributed by atoms with Gasteiger partial charge in [-0.3, -0.25) is 4.79 Å². The van der Waals surface area contributed by atoms with Crippen molar-refractivity contribution in [3.8, 4) is 17.0 Å². The van der Waals surface area contributed by atoms with E-state index >= 15 is 0 Å². The number of carbonyl (C=O) groups excluding carboxylic acids is 1. The second-order valence-corrected chi connectivity index (χ2v) is 7.48. The molecule has 3 aromatic rings. The summed E-state index contributed by atoms with van der Waals surface area (Å²) in [6.45, 7) is 2.76. The van der Waals surface area contributed by atoms with Gasteiger partial charge in [0, 0.05) is 44.2 Å². The van der Waals surface area contributed by atoms with E-state index in [0.717, 1.165) is 34.8 Å².